The Bertz CT molecular complexity index is 583. The van der Waals surface area contributed by atoms with Crippen molar-refractivity contribution in [2.45, 2.75) is 24.7 Å². The minimum absolute atomic E-state index is 0.00626. The summed E-state index contributed by atoms with van der Waals surface area (Å²) in [5.41, 5.74) is 2.26. The predicted octanol–water partition coefficient (Wildman–Crippen LogP) is 2.70. The molecule has 0 atom stereocenters. The van der Waals surface area contributed by atoms with Crippen molar-refractivity contribution in [1.82, 2.24) is 15.5 Å². The highest BCUT2D eigenvalue weighted by molar-refractivity contribution is 8.00. The first-order valence-electron chi connectivity index (χ1n) is 6.79. The smallest absolute Gasteiger partial charge is 0.230 e. The van der Waals surface area contributed by atoms with Gasteiger partial charge in [-0.1, -0.05) is 0 Å². The summed E-state index contributed by atoms with van der Waals surface area (Å²) in [6.07, 6.45) is 3.60. The zero-order valence-corrected chi connectivity index (χ0v) is 12.7. The Morgan fingerprint density at radius 2 is 2.14 bits per heavy atom. The van der Waals surface area contributed by atoms with Gasteiger partial charge in [-0.25, -0.2) is 4.39 Å². The first-order chi connectivity index (χ1) is 10.1. The quantitative estimate of drug-likeness (QED) is 0.611. The van der Waals surface area contributed by atoms with Crippen LogP contribution in [0.3, 0.4) is 0 Å². The molecule has 1 aromatic heterocycles. The lowest BCUT2D eigenvalue weighted by Crippen LogP contribution is -2.26. The number of H-pyrrole nitrogens is 1. The number of nitrogens with zero attached hydrogens (tertiary/aromatic N) is 1. The predicted molar refractivity (Wildman–Crippen MR) is 81.8 cm³/mol. The van der Waals surface area contributed by atoms with Gasteiger partial charge in [-0.05, 0) is 49.6 Å². The third-order valence-corrected chi connectivity index (χ3v) is 4.07. The van der Waals surface area contributed by atoms with E-state index in [1.54, 1.807) is 12.1 Å². The second kappa shape index (κ2) is 7.83. The monoisotopic (exact) mass is 307 g/mol. The fourth-order valence-electron chi connectivity index (χ4n) is 1.87. The molecule has 0 unspecified atom stereocenters. The molecule has 112 valence electrons. The second-order valence-electron chi connectivity index (χ2n) is 4.72. The summed E-state index contributed by atoms with van der Waals surface area (Å²) in [5.74, 6) is 0.0719. The summed E-state index contributed by atoms with van der Waals surface area (Å²) < 4.78 is 12.7. The van der Waals surface area contributed by atoms with E-state index in [4.69, 9.17) is 0 Å². The largest absolute Gasteiger partial charge is 0.355 e. The number of aromatic amines is 1. The molecular weight excluding hydrogens is 289 g/mol. The summed E-state index contributed by atoms with van der Waals surface area (Å²) in [6, 6.07) is 6.14. The van der Waals surface area contributed by atoms with Gasteiger partial charge in [0.05, 0.1) is 11.9 Å². The van der Waals surface area contributed by atoms with E-state index in [1.165, 1.54) is 29.5 Å². The van der Waals surface area contributed by atoms with E-state index < -0.39 is 0 Å². The van der Waals surface area contributed by atoms with Gasteiger partial charge in [0.15, 0.2) is 0 Å². The Morgan fingerprint density at radius 3 is 2.81 bits per heavy atom. The van der Waals surface area contributed by atoms with Crippen LogP contribution in [-0.4, -0.2) is 28.4 Å². The van der Waals surface area contributed by atoms with Crippen LogP contribution in [0.15, 0.2) is 35.4 Å². The first kappa shape index (κ1) is 15.6. The number of aromatic nitrogens is 2. The van der Waals surface area contributed by atoms with Gasteiger partial charge < -0.3 is 5.32 Å². The van der Waals surface area contributed by atoms with Crippen LogP contribution in [0, 0.1) is 12.7 Å². The average Bonchev–Trinajstić information content (AvgIpc) is 2.88. The van der Waals surface area contributed by atoms with E-state index in [9.17, 15) is 9.18 Å². The molecule has 2 aromatic rings. The minimum atomic E-state index is -0.265. The topological polar surface area (TPSA) is 57.8 Å². The molecule has 0 aliphatic rings. The van der Waals surface area contributed by atoms with Crippen molar-refractivity contribution in [3.05, 3.63) is 47.5 Å². The van der Waals surface area contributed by atoms with Crippen LogP contribution in [0.5, 0.6) is 0 Å². The number of rotatable bonds is 7. The molecule has 1 heterocycles. The highest BCUT2D eigenvalue weighted by Crippen LogP contribution is 2.17. The molecule has 0 aliphatic carbocycles. The second-order valence-corrected chi connectivity index (χ2v) is 5.77. The number of carbonyl (C=O) groups is 1. The molecule has 0 saturated carbocycles. The molecule has 21 heavy (non-hydrogen) atoms. The molecule has 0 spiro atoms. The molecule has 2 rings (SSSR count). The molecule has 2 N–H and O–H groups in total. The van der Waals surface area contributed by atoms with Gasteiger partial charge in [-0.2, -0.15) is 5.10 Å². The molecule has 4 nitrogen and oxygen atoms in total. The summed E-state index contributed by atoms with van der Waals surface area (Å²) in [5, 5.41) is 9.74. The number of benzene rings is 1. The van der Waals surface area contributed by atoms with Crippen LogP contribution < -0.4 is 5.32 Å². The van der Waals surface area contributed by atoms with Crippen molar-refractivity contribution >= 4 is 17.7 Å². The Balaban J connectivity index is 1.61. The van der Waals surface area contributed by atoms with E-state index >= 15 is 0 Å². The summed E-state index contributed by atoms with van der Waals surface area (Å²) >= 11 is 1.40. The summed E-state index contributed by atoms with van der Waals surface area (Å²) in [6.45, 7) is 2.63. The number of hydrogen-bond donors (Lipinski definition) is 2. The number of halogens is 1. The van der Waals surface area contributed by atoms with Crippen LogP contribution in [0.25, 0.3) is 0 Å². The molecule has 0 saturated heterocycles. The van der Waals surface area contributed by atoms with Gasteiger partial charge in [0.2, 0.25) is 5.91 Å². The Kier molecular flexibility index (Phi) is 5.80. The Labute approximate surface area is 127 Å². The number of nitrogens with one attached hydrogen (secondary N) is 2. The summed E-state index contributed by atoms with van der Waals surface area (Å²) in [7, 11) is 0. The standard InChI is InChI=1S/C15H18FN3OS/c1-11-12(9-18-19-11)3-2-8-17-15(20)10-21-14-6-4-13(16)5-7-14/h4-7,9H,2-3,8,10H2,1H3,(H,17,20)(H,18,19). The van der Waals surface area contributed by atoms with Crippen LogP contribution in [0.4, 0.5) is 4.39 Å². The number of aryl methyl sites for hydroxylation is 2. The third kappa shape index (κ3) is 5.23. The maximum absolute atomic E-state index is 12.7. The first-order valence-corrected chi connectivity index (χ1v) is 7.77. The van der Waals surface area contributed by atoms with Gasteiger partial charge in [0.25, 0.3) is 0 Å². The molecule has 1 amide bonds. The number of hydrogen-bond acceptors (Lipinski definition) is 3. The Hall–Kier alpha value is -1.82. The van der Waals surface area contributed by atoms with E-state index in [2.05, 4.69) is 15.5 Å². The fraction of sp³-hybridized carbons (Fsp3) is 0.333. The van der Waals surface area contributed by atoms with Gasteiger partial charge in [0.1, 0.15) is 5.82 Å². The highest BCUT2D eigenvalue weighted by atomic mass is 32.2. The van der Waals surface area contributed by atoms with E-state index in [-0.39, 0.29) is 11.7 Å². The fourth-order valence-corrected chi connectivity index (χ4v) is 2.59. The zero-order valence-electron chi connectivity index (χ0n) is 11.9. The molecule has 0 radical (unpaired) electrons. The lowest BCUT2D eigenvalue weighted by Gasteiger charge is -2.05. The number of carbonyl (C=O) groups excluding carboxylic acids is 1. The highest BCUT2D eigenvalue weighted by Gasteiger charge is 2.04. The molecule has 0 bridgehead atoms. The van der Waals surface area contributed by atoms with Crippen molar-refractivity contribution in [3.8, 4) is 0 Å². The van der Waals surface area contributed by atoms with Crippen molar-refractivity contribution in [3.63, 3.8) is 0 Å². The lowest BCUT2D eigenvalue weighted by atomic mass is 10.1. The maximum atomic E-state index is 12.7. The van der Waals surface area contributed by atoms with Crippen LogP contribution in [0.1, 0.15) is 17.7 Å². The third-order valence-electron chi connectivity index (χ3n) is 3.06. The van der Waals surface area contributed by atoms with Crippen molar-refractivity contribution in [1.29, 1.82) is 0 Å². The molecule has 1 aromatic carbocycles. The van der Waals surface area contributed by atoms with Crippen molar-refractivity contribution in [2.75, 3.05) is 12.3 Å². The van der Waals surface area contributed by atoms with E-state index in [1.807, 2.05) is 13.1 Å². The van der Waals surface area contributed by atoms with E-state index in [0.29, 0.717) is 12.3 Å². The molecular formula is C15H18FN3OS. The van der Waals surface area contributed by atoms with Gasteiger partial charge in [-0.3, -0.25) is 9.89 Å². The van der Waals surface area contributed by atoms with Gasteiger partial charge in [-0.15, -0.1) is 11.8 Å². The van der Waals surface area contributed by atoms with E-state index in [0.717, 1.165) is 23.4 Å². The van der Waals surface area contributed by atoms with Crippen molar-refractivity contribution < 1.29 is 9.18 Å². The van der Waals surface area contributed by atoms with Crippen LogP contribution in [0.2, 0.25) is 0 Å². The molecule has 6 heteroatoms. The molecule has 0 fully saturated rings. The Morgan fingerprint density at radius 1 is 1.38 bits per heavy atom. The summed E-state index contributed by atoms with van der Waals surface area (Å²) in [4.78, 5) is 12.6. The maximum Gasteiger partial charge on any atom is 0.230 e. The van der Waals surface area contributed by atoms with Gasteiger partial charge >= 0.3 is 0 Å². The lowest BCUT2D eigenvalue weighted by molar-refractivity contribution is -0.118. The average molecular weight is 307 g/mol. The normalized spacial score (nSPS) is 10.6. The van der Waals surface area contributed by atoms with Crippen LogP contribution >= 0.6 is 11.8 Å². The minimum Gasteiger partial charge on any atom is -0.355 e. The number of thioether (sulfide) groups is 1. The number of amides is 1. The van der Waals surface area contributed by atoms with Gasteiger partial charge in [0, 0.05) is 17.1 Å². The van der Waals surface area contributed by atoms with Crippen molar-refractivity contribution in [2.24, 2.45) is 0 Å². The SMILES string of the molecule is Cc1[nH]ncc1CCCNC(=O)CSc1ccc(F)cc1. The molecule has 0 aliphatic heterocycles. The van der Waals surface area contributed by atoms with Crippen LogP contribution in [-0.2, 0) is 11.2 Å². The zero-order chi connectivity index (χ0) is 15.1.